The lowest BCUT2D eigenvalue weighted by atomic mass is 10.3. The molecule has 122 valence electrons. The zero-order valence-corrected chi connectivity index (χ0v) is 13.3. The fourth-order valence-electron chi connectivity index (χ4n) is 3.05. The molecule has 3 rings (SSSR count). The standard InChI is InChI=1S/C15H25N5O2/c1-2-13-16-17-14(22-13)11-18-7-9-19(10-8-18)12-15(21)20-5-3-4-6-20/h2-12H2,1H3. The Bertz CT molecular complexity index is 490. The molecular weight excluding hydrogens is 282 g/mol. The average molecular weight is 307 g/mol. The Labute approximate surface area is 131 Å². The van der Waals surface area contributed by atoms with Crippen molar-refractivity contribution in [3.8, 4) is 0 Å². The Hall–Kier alpha value is -1.47. The number of carbonyl (C=O) groups excluding carboxylic acids is 1. The molecule has 2 fully saturated rings. The van der Waals surface area contributed by atoms with Crippen molar-refractivity contribution in [2.24, 2.45) is 0 Å². The SMILES string of the molecule is CCc1nnc(CN2CCN(CC(=O)N3CCCC3)CC2)o1. The molecule has 0 aliphatic carbocycles. The van der Waals surface area contributed by atoms with Gasteiger partial charge in [0.1, 0.15) is 0 Å². The lowest BCUT2D eigenvalue weighted by Gasteiger charge is -2.34. The van der Waals surface area contributed by atoms with Gasteiger partial charge < -0.3 is 9.32 Å². The van der Waals surface area contributed by atoms with Crippen LogP contribution in [0.5, 0.6) is 0 Å². The third-order valence-corrected chi connectivity index (χ3v) is 4.45. The maximum atomic E-state index is 12.2. The van der Waals surface area contributed by atoms with Crippen molar-refractivity contribution < 1.29 is 9.21 Å². The quantitative estimate of drug-likeness (QED) is 0.783. The van der Waals surface area contributed by atoms with E-state index in [1.54, 1.807) is 0 Å². The van der Waals surface area contributed by atoms with Crippen molar-refractivity contribution in [2.75, 3.05) is 45.8 Å². The fourth-order valence-corrected chi connectivity index (χ4v) is 3.05. The summed E-state index contributed by atoms with van der Waals surface area (Å²) in [5.74, 6) is 1.68. The Kier molecular flexibility index (Phi) is 5.04. The van der Waals surface area contributed by atoms with Gasteiger partial charge in [0.05, 0.1) is 13.1 Å². The molecule has 2 aliphatic rings. The first-order chi connectivity index (χ1) is 10.7. The van der Waals surface area contributed by atoms with Crippen LogP contribution in [0.2, 0.25) is 0 Å². The first-order valence-corrected chi connectivity index (χ1v) is 8.28. The molecule has 0 unspecified atom stereocenters. The molecule has 1 amide bonds. The van der Waals surface area contributed by atoms with E-state index in [1.807, 2.05) is 11.8 Å². The molecular formula is C15H25N5O2. The highest BCUT2D eigenvalue weighted by molar-refractivity contribution is 5.78. The van der Waals surface area contributed by atoms with Crippen molar-refractivity contribution in [3.63, 3.8) is 0 Å². The molecule has 0 bridgehead atoms. The number of aryl methyl sites for hydroxylation is 1. The summed E-state index contributed by atoms with van der Waals surface area (Å²) in [7, 11) is 0. The second-order valence-corrected chi connectivity index (χ2v) is 6.08. The number of rotatable bonds is 5. The van der Waals surface area contributed by atoms with E-state index in [0.717, 1.165) is 58.5 Å². The molecule has 0 aromatic carbocycles. The Morgan fingerprint density at radius 3 is 2.27 bits per heavy atom. The van der Waals surface area contributed by atoms with Crippen molar-refractivity contribution >= 4 is 5.91 Å². The van der Waals surface area contributed by atoms with Gasteiger partial charge in [-0.05, 0) is 12.8 Å². The molecule has 2 aliphatic heterocycles. The normalized spacial score (nSPS) is 20.7. The van der Waals surface area contributed by atoms with E-state index in [1.165, 1.54) is 0 Å². The number of likely N-dealkylation sites (tertiary alicyclic amines) is 1. The van der Waals surface area contributed by atoms with Crippen LogP contribution in [-0.2, 0) is 17.8 Å². The summed E-state index contributed by atoms with van der Waals surface area (Å²) in [6, 6.07) is 0. The van der Waals surface area contributed by atoms with Crippen molar-refractivity contribution in [1.29, 1.82) is 0 Å². The summed E-state index contributed by atoms with van der Waals surface area (Å²) in [6.07, 6.45) is 3.09. The average Bonchev–Trinajstić information content (AvgIpc) is 3.20. The molecule has 3 heterocycles. The summed E-state index contributed by atoms with van der Waals surface area (Å²) in [5, 5.41) is 8.06. The molecule has 0 saturated carbocycles. The highest BCUT2D eigenvalue weighted by Gasteiger charge is 2.24. The molecule has 7 heteroatoms. The van der Waals surface area contributed by atoms with Crippen LogP contribution < -0.4 is 0 Å². The van der Waals surface area contributed by atoms with Gasteiger partial charge in [-0.15, -0.1) is 10.2 Å². The first-order valence-electron chi connectivity index (χ1n) is 8.28. The van der Waals surface area contributed by atoms with Crippen LogP contribution in [0.1, 0.15) is 31.5 Å². The molecule has 0 N–H and O–H groups in total. The lowest BCUT2D eigenvalue weighted by molar-refractivity contribution is -0.131. The Morgan fingerprint density at radius 1 is 1.00 bits per heavy atom. The number of nitrogens with zero attached hydrogens (tertiary/aromatic N) is 5. The van der Waals surface area contributed by atoms with Crippen LogP contribution >= 0.6 is 0 Å². The smallest absolute Gasteiger partial charge is 0.236 e. The Morgan fingerprint density at radius 2 is 1.64 bits per heavy atom. The van der Waals surface area contributed by atoms with Crippen molar-refractivity contribution in [1.82, 2.24) is 24.9 Å². The number of carbonyl (C=O) groups is 1. The minimum absolute atomic E-state index is 0.287. The van der Waals surface area contributed by atoms with Gasteiger partial charge in [0.25, 0.3) is 0 Å². The molecule has 0 spiro atoms. The number of hydrogen-bond acceptors (Lipinski definition) is 6. The number of amides is 1. The second-order valence-electron chi connectivity index (χ2n) is 6.08. The lowest BCUT2D eigenvalue weighted by Crippen LogP contribution is -2.49. The number of aromatic nitrogens is 2. The van der Waals surface area contributed by atoms with Gasteiger partial charge >= 0.3 is 0 Å². The zero-order chi connectivity index (χ0) is 15.4. The number of hydrogen-bond donors (Lipinski definition) is 0. The topological polar surface area (TPSA) is 65.7 Å². The second kappa shape index (κ2) is 7.19. The monoisotopic (exact) mass is 307 g/mol. The van der Waals surface area contributed by atoms with Gasteiger partial charge in [0, 0.05) is 45.7 Å². The molecule has 1 aromatic heterocycles. The van der Waals surface area contributed by atoms with Crippen LogP contribution in [0, 0.1) is 0 Å². The molecule has 1 aromatic rings. The molecule has 0 radical (unpaired) electrons. The highest BCUT2D eigenvalue weighted by Crippen LogP contribution is 2.11. The van der Waals surface area contributed by atoms with Gasteiger partial charge in [-0.2, -0.15) is 0 Å². The van der Waals surface area contributed by atoms with E-state index in [0.29, 0.717) is 24.9 Å². The maximum absolute atomic E-state index is 12.2. The zero-order valence-electron chi connectivity index (χ0n) is 13.3. The van der Waals surface area contributed by atoms with Gasteiger partial charge in [0.15, 0.2) is 0 Å². The van der Waals surface area contributed by atoms with E-state index in [-0.39, 0.29) is 5.91 Å². The van der Waals surface area contributed by atoms with Crippen molar-refractivity contribution in [2.45, 2.75) is 32.7 Å². The van der Waals surface area contributed by atoms with Crippen LogP contribution in [0.15, 0.2) is 4.42 Å². The Balaban J connectivity index is 1.41. The summed E-state index contributed by atoms with van der Waals surface area (Å²) in [6.45, 7) is 8.89. The maximum Gasteiger partial charge on any atom is 0.236 e. The molecule has 22 heavy (non-hydrogen) atoms. The van der Waals surface area contributed by atoms with Gasteiger partial charge in [-0.25, -0.2) is 0 Å². The minimum atomic E-state index is 0.287. The summed E-state index contributed by atoms with van der Waals surface area (Å²) in [4.78, 5) is 18.7. The first kappa shape index (κ1) is 15.4. The van der Waals surface area contributed by atoms with Crippen molar-refractivity contribution in [3.05, 3.63) is 11.8 Å². The van der Waals surface area contributed by atoms with E-state index in [9.17, 15) is 4.79 Å². The van der Waals surface area contributed by atoms with Crippen LogP contribution in [-0.4, -0.2) is 76.6 Å². The van der Waals surface area contributed by atoms with E-state index < -0.39 is 0 Å². The fraction of sp³-hybridized carbons (Fsp3) is 0.800. The third-order valence-electron chi connectivity index (χ3n) is 4.45. The van der Waals surface area contributed by atoms with Crippen LogP contribution in [0.25, 0.3) is 0 Å². The van der Waals surface area contributed by atoms with Crippen LogP contribution in [0.4, 0.5) is 0 Å². The van der Waals surface area contributed by atoms with Gasteiger partial charge in [-0.3, -0.25) is 14.6 Å². The van der Waals surface area contributed by atoms with E-state index in [2.05, 4.69) is 20.0 Å². The van der Waals surface area contributed by atoms with E-state index >= 15 is 0 Å². The summed E-state index contributed by atoms with van der Waals surface area (Å²) < 4.78 is 5.56. The number of piperazine rings is 1. The van der Waals surface area contributed by atoms with Gasteiger partial charge in [0.2, 0.25) is 17.7 Å². The highest BCUT2D eigenvalue weighted by atomic mass is 16.4. The summed E-state index contributed by atoms with van der Waals surface area (Å²) in [5.41, 5.74) is 0. The summed E-state index contributed by atoms with van der Waals surface area (Å²) >= 11 is 0. The van der Waals surface area contributed by atoms with E-state index in [4.69, 9.17) is 4.42 Å². The largest absolute Gasteiger partial charge is 0.424 e. The molecule has 0 atom stereocenters. The molecule has 7 nitrogen and oxygen atoms in total. The predicted octanol–water partition coefficient (Wildman–Crippen LogP) is 0.372. The molecule has 2 saturated heterocycles. The van der Waals surface area contributed by atoms with Crippen LogP contribution in [0.3, 0.4) is 0 Å². The predicted molar refractivity (Wildman–Crippen MR) is 81.2 cm³/mol. The minimum Gasteiger partial charge on any atom is -0.424 e. The van der Waals surface area contributed by atoms with Gasteiger partial charge in [-0.1, -0.05) is 6.92 Å². The third kappa shape index (κ3) is 3.84.